The third-order valence-corrected chi connectivity index (χ3v) is 3.12. The molecule has 4 nitrogen and oxygen atoms in total. The second kappa shape index (κ2) is 5.44. The lowest BCUT2D eigenvalue weighted by Gasteiger charge is -2.12. The Morgan fingerprint density at radius 3 is 2.58 bits per heavy atom. The summed E-state index contributed by atoms with van der Waals surface area (Å²) in [5, 5.41) is 3.28. The molecular formula is C15H17N3O. The van der Waals surface area contributed by atoms with Crippen LogP contribution in [0.25, 0.3) is 0 Å². The van der Waals surface area contributed by atoms with Crippen molar-refractivity contribution in [2.45, 2.75) is 13.5 Å². The number of carbonyl (C=O) groups excluding carboxylic acids is 1. The van der Waals surface area contributed by atoms with E-state index in [4.69, 9.17) is 11.5 Å². The Balaban J connectivity index is 2.19. The Labute approximate surface area is 112 Å². The van der Waals surface area contributed by atoms with Crippen LogP contribution in [0.5, 0.6) is 0 Å². The highest BCUT2D eigenvalue weighted by atomic mass is 16.1. The van der Waals surface area contributed by atoms with Crippen LogP contribution in [0.3, 0.4) is 0 Å². The fourth-order valence-electron chi connectivity index (χ4n) is 1.98. The zero-order valence-electron chi connectivity index (χ0n) is 10.8. The molecule has 1 amide bonds. The zero-order chi connectivity index (χ0) is 13.8. The lowest BCUT2D eigenvalue weighted by molar-refractivity contribution is 0.1000. The molecule has 0 fully saturated rings. The van der Waals surface area contributed by atoms with Crippen LogP contribution in [-0.4, -0.2) is 5.91 Å². The third kappa shape index (κ3) is 2.85. The fourth-order valence-corrected chi connectivity index (χ4v) is 1.98. The Morgan fingerprint density at radius 2 is 1.89 bits per heavy atom. The minimum Gasteiger partial charge on any atom is -0.398 e. The van der Waals surface area contributed by atoms with Gasteiger partial charge in [0.2, 0.25) is 5.91 Å². The number of amides is 1. The fraction of sp³-hybridized carbons (Fsp3) is 0.133. The SMILES string of the molecule is Cc1c(NCc2ccccc2N)cccc1C(N)=O. The van der Waals surface area contributed by atoms with E-state index in [-0.39, 0.29) is 0 Å². The topological polar surface area (TPSA) is 81.1 Å². The van der Waals surface area contributed by atoms with Crippen molar-refractivity contribution in [2.75, 3.05) is 11.1 Å². The molecule has 0 radical (unpaired) electrons. The summed E-state index contributed by atoms with van der Waals surface area (Å²) in [4.78, 5) is 11.3. The monoisotopic (exact) mass is 255 g/mol. The average molecular weight is 255 g/mol. The zero-order valence-corrected chi connectivity index (χ0v) is 10.8. The predicted octanol–water partition coefficient (Wildman–Crippen LogP) is 2.29. The molecule has 98 valence electrons. The van der Waals surface area contributed by atoms with E-state index in [9.17, 15) is 4.79 Å². The smallest absolute Gasteiger partial charge is 0.249 e. The van der Waals surface area contributed by atoms with Gasteiger partial charge >= 0.3 is 0 Å². The quantitative estimate of drug-likeness (QED) is 0.733. The van der Waals surface area contributed by atoms with Gasteiger partial charge in [0, 0.05) is 23.5 Å². The second-order valence-corrected chi connectivity index (χ2v) is 4.39. The first-order chi connectivity index (χ1) is 9.09. The molecule has 2 aromatic rings. The molecule has 0 bridgehead atoms. The molecule has 0 atom stereocenters. The van der Waals surface area contributed by atoms with Crippen LogP contribution in [0.15, 0.2) is 42.5 Å². The Morgan fingerprint density at radius 1 is 1.16 bits per heavy atom. The first kappa shape index (κ1) is 13.0. The predicted molar refractivity (Wildman–Crippen MR) is 77.9 cm³/mol. The van der Waals surface area contributed by atoms with E-state index in [2.05, 4.69) is 5.32 Å². The van der Waals surface area contributed by atoms with E-state index in [0.29, 0.717) is 12.1 Å². The van der Waals surface area contributed by atoms with Gasteiger partial charge in [0.15, 0.2) is 0 Å². The van der Waals surface area contributed by atoms with Gasteiger partial charge < -0.3 is 16.8 Å². The van der Waals surface area contributed by atoms with Gasteiger partial charge in [0.1, 0.15) is 0 Å². The molecule has 0 spiro atoms. The van der Waals surface area contributed by atoms with Crippen molar-refractivity contribution >= 4 is 17.3 Å². The molecule has 19 heavy (non-hydrogen) atoms. The van der Waals surface area contributed by atoms with Crippen LogP contribution >= 0.6 is 0 Å². The van der Waals surface area contributed by atoms with Crippen molar-refractivity contribution in [2.24, 2.45) is 5.73 Å². The van der Waals surface area contributed by atoms with Crippen molar-refractivity contribution in [3.63, 3.8) is 0 Å². The minimum absolute atomic E-state index is 0.416. The van der Waals surface area contributed by atoms with Crippen LogP contribution in [-0.2, 0) is 6.54 Å². The standard InChI is InChI=1S/C15H17N3O/c1-10-12(15(17)19)6-4-8-14(10)18-9-11-5-2-3-7-13(11)16/h2-8,18H,9,16H2,1H3,(H2,17,19). The summed E-state index contributed by atoms with van der Waals surface area (Å²) >= 11 is 0. The van der Waals surface area contributed by atoms with E-state index in [0.717, 1.165) is 22.5 Å². The molecule has 0 unspecified atom stereocenters. The number of nitrogen functional groups attached to an aromatic ring is 1. The van der Waals surface area contributed by atoms with Crippen molar-refractivity contribution in [3.05, 3.63) is 59.2 Å². The molecule has 0 aliphatic heterocycles. The van der Waals surface area contributed by atoms with Gasteiger partial charge in [0.05, 0.1) is 0 Å². The van der Waals surface area contributed by atoms with Gasteiger partial charge in [-0.25, -0.2) is 0 Å². The minimum atomic E-state index is -0.416. The van der Waals surface area contributed by atoms with Crippen LogP contribution in [0, 0.1) is 6.92 Å². The largest absolute Gasteiger partial charge is 0.398 e. The first-order valence-electron chi connectivity index (χ1n) is 6.06. The molecule has 0 heterocycles. The average Bonchev–Trinajstić information content (AvgIpc) is 2.39. The van der Waals surface area contributed by atoms with Gasteiger partial charge in [0.25, 0.3) is 0 Å². The number of rotatable bonds is 4. The lowest BCUT2D eigenvalue weighted by Crippen LogP contribution is -2.14. The van der Waals surface area contributed by atoms with E-state index in [1.54, 1.807) is 6.07 Å². The van der Waals surface area contributed by atoms with E-state index < -0.39 is 5.91 Å². The number of nitrogens with two attached hydrogens (primary N) is 2. The van der Waals surface area contributed by atoms with Crippen molar-refractivity contribution in [1.82, 2.24) is 0 Å². The number of hydrogen-bond acceptors (Lipinski definition) is 3. The Bertz CT molecular complexity index is 608. The number of anilines is 2. The summed E-state index contributed by atoms with van der Waals surface area (Å²) in [5.41, 5.74) is 15.3. The number of carbonyl (C=O) groups is 1. The van der Waals surface area contributed by atoms with E-state index in [1.807, 2.05) is 43.3 Å². The Kier molecular flexibility index (Phi) is 3.71. The second-order valence-electron chi connectivity index (χ2n) is 4.39. The highest BCUT2D eigenvalue weighted by Gasteiger charge is 2.08. The van der Waals surface area contributed by atoms with Gasteiger partial charge in [-0.1, -0.05) is 24.3 Å². The number of nitrogens with one attached hydrogen (secondary N) is 1. The van der Waals surface area contributed by atoms with Crippen LogP contribution in [0.4, 0.5) is 11.4 Å². The summed E-state index contributed by atoms with van der Waals surface area (Å²) in [5.74, 6) is -0.416. The molecule has 0 saturated carbocycles. The number of para-hydroxylation sites is 1. The maximum atomic E-state index is 11.3. The number of benzene rings is 2. The summed E-state index contributed by atoms with van der Waals surface area (Å²) in [6.45, 7) is 2.48. The van der Waals surface area contributed by atoms with Crippen LogP contribution in [0.2, 0.25) is 0 Å². The van der Waals surface area contributed by atoms with Crippen molar-refractivity contribution in [1.29, 1.82) is 0 Å². The van der Waals surface area contributed by atoms with Crippen molar-refractivity contribution < 1.29 is 4.79 Å². The summed E-state index contributed by atoms with van der Waals surface area (Å²) in [6.07, 6.45) is 0. The van der Waals surface area contributed by atoms with Crippen LogP contribution < -0.4 is 16.8 Å². The molecular weight excluding hydrogens is 238 g/mol. The third-order valence-electron chi connectivity index (χ3n) is 3.12. The molecule has 0 aliphatic rings. The molecule has 5 N–H and O–H groups in total. The summed E-state index contributed by atoms with van der Waals surface area (Å²) in [7, 11) is 0. The maximum absolute atomic E-state index is 11.3. The van der Waals surface area contributed by atoms with Gasteiger partial charge in [-0.3, -0.25) is 4.79 Å². The number of primary amides is 1. The van der Waals surface area contributed by atoms with Crippen molar-refractivity contribution in [3.8, 4) is 0 Å². The molecule has 4 heteroatoms. The number of hydrogen-bond donors (Lipinski definition) is 3. The van der Waals surface area contributed by atoms with Gasteiger partial charge in [-0.15, -0.1) is 0 Å². The summed E-state index contributed by atoms with van der Waals surface area (Å²) < 4.78 is 0. The molecule has 2 rings (SSSR count). The maximum Gasteiger partial charge on any atom is 0.249 e. The van der Waals surface area contributed by atoms with Gasteiger partial charge in [-0.2, -0.15) is 0 Å². The highest BCUT2D eigenvalue weighted by Crippen LogP contribution is 2.20. The molecule has 0 aromatic heterocycles. The van der Waals surface area contributed by atoms with E-state index >= 15 is 0 Å². The highest BCUT2D eigenvalue weighted by molar-refractivity contribution is 5.95. The lowest BCUT2D eigenvalue weighted by atomic mass is 10.1. The first-order valence-corrected chi connectivity index (χ1v) is 6.06. The molecule has 0 aliphatic carbocycles. The Hall–Kier alpha value is -2.49. The van der Waals surface area contributed by atoms with E-state index in [1.165, 1.54) is 0 Å². The molecule has 2 aromatic carbocycles. The molecule has 0 saturated heterocycles. The van der Waals surface area contributed by atoms with Crippen LogP contribution in [0.1, 0.15) is 21.5 Å². The normalized spacial score (nSPS) is 10.2. The van der Waals surface area contributed by atoms with Gasteiger partial charge in [-0.05, 0) is 36.2 Å². The summed E-state index contributed by atoms with van der Waals surface area (Å²) in [6, 6.07) is 13.1.